The van der Waals surface area contributed by atoms with Crippen LogP contribution in [0.1, 0.15) is 43.9 Å². The van der Waals surface area contributed by atoms with Crippen molar-refractivity contribution in [1.82, 2.24) is 5.32 Å². The number of nitrogens with one attached hydrogen (secondary N) is 1. The van der Waals surface area contributed by atoms with E-state index in [1.807, 2.05) is 26.0 Å². The van der Waals surface area contributed by atoms with E-state index in [4.69, 9.17) is 14.2 Å². The summed E-state index contributed by atoms with van der Waals surface area (Å²) in [5, 5.41) is 2.82. The molecule has 1 aliphatic heterocycles. The van der Waals surface area contributed by atoms with Crippen LogP contribution in [0.5, 0.6) is 11.5 Å². The van der Waals surface area contributed by atoms with Crippen LogP contribution in [0.4, 0.5) is 4.39 Å². The highest BCUT2D eigenvalue weighted by atomic mass is 19.1. The summed E-state index contributed by atoms with van der Waals surface area (Å²) in [5.74, 6) is -0.489. The highest BCUT2D eigenvalue weighted by Crippen LogP contribution is 2.41. The van der Waals surface area contributed by atoms with Gasteiger partial charge in [-0.3, -0.25) is 4.79 Å². The molecule has 0 saturated heterocycles. The first kappa shape index (κ1) is 20.2. The Bertz CT molecular complexity index is 953. The number of hydrogen-bond acceptors (Lipinski definition) is 5. The SMILES string of the molecule is CC1(C)Cc2cccc(OCC(=O)O[C@@H](C(=O)NC3CC3)c3ccc(F)cc3)c2O1. The quantitative estimate of drug-likeness (QED) is 0.704. The number of esters is 1. The van der Waals surface area contributed by atoms with Crippen molar-refractivity contribution in [3.8, 4) is 11.5 Å². The Hall–Kier alpha value is -3.09. The van der Waals surface area contributed by atoms with E-state index in [0.717, 1.165) is 24.8 Å². The number of rotatable bonds is 7. The summed E-state index contributed by atoms with van der Waals surface area (Å²) in [6.45, 7) is 3.59. The van der Waals surface area contributed by atoms with Gasteiger partial charge in [-0.25, -0.2) is 9.18 Å². The van der Waals surface area contributed by atoms with Crippen LogP contribution in [-0.4, -0.2) is 30.1 Å². The zero-order valence-electron chi connectivity index (χ0n) is 16.9. The maximum Gasteiger partial charge on any atom is 0.345 e. The molecule has 0 bridgehead atoms. The number of halogens is 1. The lowest BCUT2D eigenvalue weighted by atomic mass is 10.0. The zero-order chi connectivity index (χ0) is 21.3. The van der Waals surface area contributed by atoms with Crippen molar-refractivity contribution in [1.29, 1.82) is 0 Å². The van der Waals surface area contributed by atoms with E-state index in [2.05, 4.69) is 5.32 Å². The van der Waals surface area contributed by atoms with Crippen molar-refractivity contribution in [2.45, 2.75) is 50.9 Å². The number of para-hydroxylation sites is 1. The number of benzene rings is 2. The molecule has 0 unspecified atom stereocenters. The van der Waals surface area contributed by atoms with Gasteiger partial charge in [0.05, 0.1) is 0 Å². The molecule has 0 aromatic heterocycles. The molecule has 1 heterocycles. The highest BCUT2D eigenvalue weighted by molar-refractivity contribution is 5.85. The van der Waals surface area contributed by atoms with Gasteiger partial charge < -0.3 is 19.5 Å². The summed E-state index contributed by atoms with van der Waals surface area (Å²) in [4.78, 5) is 25.0. The van der Waals surface area contributed by atoms with Crippen LogP contribution in [-0.2, 0) is 20.7 Å². The Kier molecular flexibility index (Phi) is 5.37. The van der Waals surface area contributed by atoms with Gasteiger partial charge in [0.25, 0.3) is 5.91 Å². The van der Waals surface area contributed by atoms with Crippen LogP contribution in [0.15, 0.2) is 42.5 Å². The third-order valence-electron chi connectivity index (χ3n) is 4.98. The minimum absolute atomic E-state index is 0.0998. The van der Waals surface area contributed by atoms with Crippen LogP contribution in [0.3, 0.4) is 0 Å². The molecule has 6 nitrogen and oxygen atoms in total. The number of carbonyl (C=O) groups is 2. The first-order valence-corrected chi connectivity index (χ1v) is 10.00. The average molecular weight is 413 g/mol. The van der Waals surface area contributed by atoms with Gasteiger partial charge in [0.1, 0.15) is 11.4 Å². The van der Waals surface area contributed by atoms with Crippen LogP contribution < -0.4 is 14.8 Å². The summed E-state index contributed by atoms with van der Waals surface area (Å²) < 4.78 is 30.2. The van der Waals surface area contributed by atoms with Gasteiger partial charge in [-0.2, -0.15) is 0 Å². The minimum Gasteiger partial charge on any atom is -0.483 e. The standard InChI is InChI=1S/C23H24FNO5/c1-23(2)12-15-4-3-5-18(20(15)30-23)28-13-19(26)29-21(22(27)25-17-10-11-17)14-6-8-16(24)9-7-14/h3-9,17,21H,10-13H2,1-2H3,(H,25,27)/t21-/m1/s1. The molecule has 4 rings (SSSR count). The maximum absolute atomic E-state index is 13.3. The lowest BCUT2D eigenvalue weighted by Crippen LogP contribution is -2.34. The zero-order valence-corrected chi connectivity index (χ0v) is 16.9. The molecule has 158 valence electrons. The summed E-state index contributed by atoms with van der Waals surface area (Å²) in [6.07, 6.45) is 1.37. The molecule has 2 aromatic carbocycles. The molecular formula is C23H24FNO5. The Morgan fingerprint density at radius 1 is 1.20 bits per heavy atom. The molecule has 30 heavy (non-hydrogen) atoms. The molecule has 2 aromatic rings. The molecule has 1 atom stereocenters. The first-order chi connectivity index (χ1) is 14.3. The fourth-order valence-electron chi connectivity index (χ4n) is 3.42. The van der Waals surface area contributed by atoms with Crippen molar-refractivity contribution in [3.63, 3.8) is 0 Å². The Labute approximate surface area is 174 Å². The normalized spacial score (nSPS) is 17.4. The van der Waals surface area contributed by atoms with Gasteiger partial charge in [-0.1, -0.05) is 24.3 Å². The van der Waals surface area contributed by atoms with Gasteiger partial charge in [-0.15, -0.1) is 0 Å². The Morgan fingerprint density at radius 2 is 1.93 bits per heavy atom. The molecule has 1 fully saturated rings. The number of hydrogen-bond donors (Lipinski definition) is 1. The topological polar surface area (TPSA) is 73.9 Å². The van der Waals surface area contributed by atoms with Crippen molar-refractivity contribution in [3.05, 3.63) is 59.4 Å². The Morgan fingerprint density at radius 3 is 2.63 bits per heavy atom. The third-order valence-corrected chi connectivity index (χ3v) is 4.98. The number of fused-ring (bicyclic) bond motifs is 1. The predicted molar refractivity (Wildman–Crippen MR) is 107 cm³/mol. The molecule has 1 N–H and O–H groups in total. The van der Waals surface area contributed by atoms with Gasteiger partial charge >= 0.3 is 5.97 Å². The highest BCUT2D eigenvalue weighted by Gasteiger charge is 2.33. The van der Waals surface area contributed by atoms with E-state index >= 15 is 0 Å². The Balaban J connectivity index is 1.43. The lowest BCUT2D eigenvalue weighted by Gasteiger charge is -2.19. The van der Waals surface area contributed by atoms with Gasteiger partial charge in [0.15, 0.2) is 18.1 Å². The predicted octanol–water partition coefficient (Wildman–Crippen LogP) is 3.48. The summed E-state index contributed by atoms with van der Waals surface area (Å²) in [6, 6.07) is 10.9. The first-order valence-electron chi connectivity index (χ1n) is 10.00. The molecule has 7 heteroatoms. The average Bonchev–Trinajstić information content (AvgIpc) is 3.44. The van der Waals surface area contributed by atoms with E-state index in [1.165, 1.54) is 24.3 Å². The minimum atomic E-state index is -1.17. The summed E-state index contributed by atoms with van der Waals surface area (Å²) in [7, 11) is 0. The fraction of sp³-hybridized carbons (Fsp3) is 0.391. The molecule has 0 radical (unpaired) electrons. The van der Waals surface area contributed by atoms with Crippen LogP contribution in [0.25, 0.3) is 0 Å². The van der Waals surface area contributed by atoms with E-state index < -0.39 is 23.8 Å². The van der Waals surface area contributed by atoms with Crippen molar-refractivity contribution in [2.75, 3.05) is 6.61 Å². The van der Waals surface area contributed by atoms with E-state index in [9.17, 15) is 14.0 Å². The largest absolute Gasteiger partial charge is 0.483 e. The second-order valence-electron chi connectivity index (χ2n) is 8.28. The van der Waals surface area contributed by atoms with Crippen molar-refractivity contribution in [2.24, 2.45) is 0 Å². The van der Waals surface area contributed by atoms with Crippen molar-refractivity contribution < 1.29 is 28.2 Å². The van der Waals surface area contributed by atoms with Gasteiger partial charge in [0.2, 0.25) is 6.10 Å². The fourth-order valence-corrected chi connectivity index (χ4v) is 3.42. The summed E-state index contributed by atoms with van der Waals surface area (Å²) >= 11 is 0. The van der Waals surface area contributed by atoms with E-state index in [-0.39, 0.29) is 18.2 Å². The molecule has 1 saturated carbocycles. The van der Waals surface area contributed by atoms with E-state index in [0.29, 0.717) is 17.1 Å². The number of amides is 1. The van der Waals surface area contributed by atoms with Crippen LogP contribution in [0.2, 0.25) is 0 Å². The third kappa shape index (κ3) is 4.72. The molecule has 2 aliphatic rings. The van der Waals surface area contributed by atoms with Crippen LogP contribution >= 0.6 is 0 Å². The smallest absolute Gasteiger partial charge is 0.345 e. The van der Waals surface area contributed by atoms with Gasteiger partial charge in [-0.05, 0) is 44.9 Å². The second-order valence-corrected chi connectivity index (χ2v) is 8.28. The molecule has 0 spiro atoms. The van der Waals surface area contributed by atoms with Gasteiger partial charge in [0, 0.05) is 23.6 Å². The number of carbonyl (C=O) groups excluding carboxylic acids is 2. The maximum atomic E-state index is 13.3. The molecular weight excluding hydrogens is 389 g/mol. The number of ether oxygens (including phenoxy) is 3. The van der Waals surface area contributed by atoms with Crippen LogP contribution in [0, 0.1) is 5.82 Å². The lowest BCUT2D eigenvalue weighted by molar-refractivity contribution is -0.158. The molecule has 1 amide bonds. The van der Waals surface area contributed by atoms with E-state index in [1.54, 1.807) is 6.07 Å². The molecule has 1 aliphatic carbocycles. The summed E-state index contributed by atoms with van der Waals surface area (Å²) in [5.41, 5.74) is 1.07. The van der Waals surface area contributed by atoms with Crippen molar-refractivity contribution >= 4 is 11.9 Å². The monoisotopic (exact) mass is 413 g/mol. The second kappa shape index (κ2) is 7.97.